The molecule has 0 saturated heterocycles. The van der Waals surface area contributed by atoms with Crippen molar-refractivity contribution in [2.45, 2.75) is 93.1 Å². The molecular weight excluding hydrogens is 568 g/mol. The first kappa shape index (κ1) is 32.9. The average Bonchev–Trinajstić information content (AvgIpc) is 2.93. The maximum atomic E-state index is 14.5. The van der Waals surface area contributed by atoms with E-state index in [0.29, 0.717) is 11.5 Å². The number of benzene rings is 2. The van der Waals surface area contributed by atoms with Gasteiger partial charge in [-0.2, -0.15) is 0 Å². The molecular formula is C38H46O7. The van der Waals surface area contributed by atoms with Crippen molar-refractivity contribution in [2.75, 3.05) is 0 Å². The highest BCUT2D eigenvalue weighted by molar-refractivity contribution is 6.32. The van der Waals surface area contributed by atoms with Gasteiger partial charge < -0.3 is 10.2 Å². The zero-order valence-electron chi connectivity index (χ0n) is 27.7. The summed E-state index contributed by atoms with van der Waals surface area (Å²) in [5, 5.41) is 23.3. The molecule has 2 aromatic carbocycles. The summed E-state index contributed by atoms with van der Waals surface area (Å²) in [7, 11) is 0. The largest absolute Gasteiger partial charge is 0.507 e. The van der Waals surface area contributed by atoms with Crippen LogP contribution in [0.3, 0.4) is 0 Å². The topological polar surface area (TPSA) is 126 Å². The maximum absolute atomic E-state index is 14.5. The molecule has 3 aliphatic rings. The maximum Gasteiger partial charge on any atom is 0.190 e. The Bertz CT molecular complexity index is 1630. The molecule has 0 amide bonds. The third-order valence-electron chi connectivity index (χ3n) is 11.1. The van der Waals surface area contributed by atoms with Gasteiger partial charge in [0, 0.05) is 11.3 Å². The van der Waals surface area contributed by atoms with Crippen molar-refractivity contribution in [1.82, 2.24) is 0 Å². The second-order valence-electron chi connectivity index (χ2n) is 15.1. The lowest BCUT2D eigenvalue weighted by atomic mass is 9.40. The van der Waals surface area contributed by atoms with Crippen LogP contribution < -0.4 is 0 Å². The molecule has 3 aliphatic carbocycles. The number of aryl methyl sites for hydroxylation is 2. The fourth-order valence-corrected chi connectivity index (χ4v) is 9.18. The van der Waals surface area contributed by atoms with Gasteiger partial charge in [0.2, 0.25) is 0 Å². The van der Waals surface area contributed by atoms with E-state index in [1.165, 1.54) is 11.6 Å². The van der Waals surface area contributed by atoms with Crippen molar-refractivity contribution < 1.29 is 34.2 Å². The summed E-state index contributed by atoms with van der Waals surface area (Å²) in [4.78, 5) is 69.2. The molecule has 0 radical (unpaired) electrons. The molecule has 2 saturated carbocycles. The molecule has 0 spiro atoms. The lowest BCUT2D eigenvalue weighted by Gasteiger charge is -2.61. The van der Waals surface area contributed by atoms with E-state index in [1.807, 2.05) is 13.0 Å². The highest BCUT2D eigenvalue weighted by Gasteiger charge is 2.76. The van der Waals surface area contributed by atoms with Gasteiger partial charge in [-0.3, -0.25) is 24.0 Å². The Balaban J connectivity index is 1.72. The Labute approximate surface area is 265 Å². The quantitative estimate of drug-likeness (QED) is 0.371. The second-order valence-corrected chi connectivity index (χ2v) is 15.1. The highest BCUT2D eigenvalue weighted by atomic mass is 16.3. The number of phenolic OH excluding ortho intramolecular Hbond substituents is 1. The van der Waals surface area contributed by atoms with Crippen LogP contribution in [0.2, 0.25) is 0 Å². The third-order valence-corrected chi connectivity index (χ3v) is 11.1. The van der Waals surface area contributed by atoms with E-state index < -0.39 is 63.1 Å². The minimum absolute atomic E-state index is 0.0349. The number of Topliss-reactive ketones (excluding diaryl/α,β-unsaturated/α-hetero) is 5. The van der Waals surface area contributed by atoms with Gasteiger partial charge in [-0.15, -0.1) is 0 Å². The lowest BCUT2D eigenvalue weighted by molar-refractivity contribution is -0.205. The number of hydrogen-bond acceptors (Lipinski definition) is 7. The number of ketones is 5. The van der Waals surface area contributed by atoms with Crippen LogP contribution in [-0.2, 0) is 38.4 Å². The summed E-state index contributed by atoms with van der Waals surface area (Å²) in [6.07, 6.45) is 2.94. The van der Waals surface area contributed by atoms with Crippen LogP contribution in [0.5, 0.6) is 5.75 Å². The number of rotatable bonds is 7. The molecule has 0 heterocycles. The zero-order valence-corrected chi connectivity index (χ0v) is 27.7. The molecule has 240 valence electrons. The summed E-state index contributed by atoms with van der Waals surface area (Å²) in [6.45, 7) is 14.5. The molecule has 0 aliphatic heterocycles. The zero-order chi connectivity index (χ0) is 33.4. The second kappa shape index (κ2) is 11.1. The van der Waals surface area contributed by atoms with E-state index in [1.54, 1.807) is 20.8 Å². The van der Waals surface area contributed by atoms with Gasteiger partial charge in [0.1, 0.15) is 17.5 Å². The summed E-state index contributed by atoms with van der Waals surface area (Å²) >= 11 is 0. The van der Waals surface area contributed by atoms with E-state index in [9.17, 15) is 34.2 Å². The van der Waals surface area contributed by atoms with Crippen LogP contribution in [0.25, 0.3) is 11.1 Å². The predicted molar refractivity (Wildman–Crippen MR) is 171 cm³/mol. The molecule has 7 nitrogen and oxygen atoms in total. The number of carbonyl (C=O) groups is 5. The molecule has 2 aromatic rings. The molecule has 5 rings (SSSR count). The molecule has 0 aromatic heterocycles. The van der Waals surface area contributed by atoms with Crippen molar-refractivity contribution in [3.8, 4) is 16.9 Å². The van der Waals surface area contributed by atoms with Gasteiger partial charge >= 0.3 is 0 Å². The van der Waals surface area contributed by atoms with Gasteiger partial charge in [-0.05, 0) is 90.2 Å². The number of aliphatic hydroxyl groups is 1. The van der Waals surface area contributed by atoms with E-state index in [-0.39, 0.29) is 30.1 Å². The van der Waals surface area contributed by atoms with Crippen molar-refractivity contribution in [2.24, 2.45) is 40.4 Å². The molecule has 0 bridgehead atoms. The Hall–Kier alpha value is -3.45. The Morgan fingerprint density at radius 3 is 2.22 bits per heavy atom. The Morgan fingerprint density at radius 1 is 0.978 bits per heavy atom. The van der Waals surface area contributed by atoms with E-state index in [4.69, 9.17) is 0 Å². The Morgan fingerprint density at radius 2 is 1.64 bits per heavy atom. The predicted octanol–water partition coefficient (Wildman–Crippen LogP) is 5.91. The first-order valence-corrected chi connectivity index (χ1v) is 16.3. The lowest BCUT2D eigenvalue weighted by Crippen LogP contribution is -2.76. The van der Waals surface area contributed by atoms with Gasteiger partial charge in [-0.1, -0.05) is 72.7 Å². The summed E-state index contributed by atoms with van der Waals surface area (Å²) in [6, 6.07) is 9.72. The first-order valence-electron chi connectivity index (χ1n) is 16.3. The van der Waals surface area contributed by atoms with Crippen LogP contribution in [0.1, 0.15) is 95.3 Å². The molecule has 3 unspecified atom stereocenters. The Kier molecular flexibility index (Phi) is 8.13. The van der Waals surface area contributed by atoms with Gasteiger partial charge in [-0.25, -0.2) is 0 Å². The van der Waals surface area contributed by atoms with E-state index >= 15 is 0 Å². The standard InChI is InChI=1S/C38H46O7/c1-9-23-13-12-22(11-10-19(2)3)16-25(23)24-14-15-27(40)29-26(24)17-36(7)18-37(8)30(20(4)5)32(41)28(21(6)39)34(43)38(37,45)35(44)31(36)33(29)42/h12-16,19-20,28,30-31,40,45H,9-11,17-18H2,1-8H3/t28?,30?,31?,36-,37-,38+/m1/s1. The summed E-state index contributed by atoms with van der Waals surface area (Å²) in [5.41, 5.74) is -0.583. The fraction of sp³-hybridized carbons (Fsp3) is 0.553. The molecule has 2 fully saturated rings. The number of phenols is 1. The molecule has 45 heavy (non-hydrogen) atoms. The molecule has 2 N–H and O–H groups in total. The highest BCUT2D eigenvalue weighted by Crippen LogP contribution is 2.64. The fourth-order valence-electron chi connectivity index (χ4n) is 9.18. The number of hydrogen-bond donors (Lipinski definition) is 2. The van der Waals surface area contributed by atoms with E-state index in [0.717, 1.165) is 42.9 Å². The first-order chi connectivity index (χ1) is 20.9. The van der Waals surface area contributed by atoms with Crippen LogP contribution >= 0.6 is 0 Å². The minimum atomic E-state index is -2.70. The van der Waals surface area contributed by atoms with Gasteiger partial charge in [0.15, 0.2) is 28.7 Å². The van der Waals surface area contributed by atoms with E-state index in [2.05, 4.69) is 39.0 Å². The number of aromatic hydroxyl groups is 1. The molecule has 6 atom stereocenters. The summed E-state index contributed by atoms with van der Waals surface area (Å²) in [5.74, 6) is -8.29. The average molecular weight is 615 g/mol. The number of fused-ring (bicyclic) bond motifs is 3. The third kappa shape index (κ3) is 4.67. The SMILES string of the molecule is CCc1ccc(CCC(C)C)cc1-c1ccc(O)c2c1C[C@]1(C)C[C@]3(C)C(C(C)C)C(=O)C(C(C)=O)C(=O)[C@]3(O)C(=O)C1C2=O. The van der Waals surface area contributed by atoms with Crippen LogP contribution in [0, 0.1) is 40.4 Å². The van der Waals surface area contributed by atoms with Crippen molar-refractivity contribution in [3.05, 3.63) is 52.6 Å². The van der Waals surface area contributed by atoms with Crippen molar-refractivity contribution in [3.63, 3.8) is 0 Å². The van der Waals surface area contributed by atoms with Crippen LogP contribution in [0.4, 0.5) is 0 Å². The van der Waals surface area contributed by atoms with Crippen LogP contribution in [0.15, 0.2) is 30.3 Å². The summed E-state index contributed by atoms with van der Waals surface area (Å²) < 4.78 is 0. The van der Waals surface area contributed by atoms with Crippen molar-refractivity contribution in [1.29, 1.82) is 0 Å². The smallest absolute Gasteiger partial charge is 0.190 e. The monoisotopic (exact) mass is 614 g/mol. The minimum Gasteiger partial charge on any atom is -0.507 e. The van der Waals surface area contributed by atoms with Gasteiger partial charge in [0.05, 0.1) is 11.5 Å². The van der Waals surface area contributed by atoms with Crippen molar-refractivity contribution >= 4 is 28.9 Å². The van der Waals surface area contributed by atoms with Crippen LogP contribution in [-0.4, -0.2) is 44.7 Å². The number of carbonyl (C=O) groups excluding carboxylic acids is 5. The molecule has 7 heteroatoms. The normalized spacial score (nSPS) is 31.2. The van der Waals surface area contributed by atoms with Gasteiger partial charge in [0.25, 0.3) is 0 Å².